The largest absolute Gasteiger partial charge is 0.437 e. The van der Waals surface area contributed by atoms with Crippen LogP contribution in [0.15, 0.2) is 72.0 Å². The normalized spacial score (nSPS) is 13.7. The number of pyridine rings is 1. The maximum atomic E-state index is 13.8. The fourth-order valence-corrected chi connectivity index (χ4v) is 4.90. The predicted octanol–water partition coefficient (Wildman–Crippen LogP) is 5.32. The van der Waals surface area contributed by atoms with Crippen molar-refractivity contribution in [3.8, 4) is 17.3 Å². The number of halogens is 2. The number of para-hydroxylation sites is 1. The lowest BCUT2D eigenvalue weighted by molar-refractivity contribution is -0.126. The molecule has 1 saturated heterocycles. The molecule has 2 aromatic heterocycles. The second-order valence-electron chi connectivity index (χ2n) is 9.49. The minimum absolute atomic E-state index is 0.0310. The molecule has 10 heteroatoms. The van der Waals surface area contributed by atoms with Crippen LogP contribution in [0.4, 0.5) is 10.2 Å². The summed E-state index contributed by atoms with van der Waals surface area (Å²) in [5, 5.41) is 0.728. The average molecular weight is 548 g/mol. The Bertz CT molecular complexity index is 1630. The summed E-state index contributed by atoms with van der Waals surface area (Å²) in [6.07, 6.45) is 1.29. The molecular weight excluding hydrogens is 521 g/mol. The summed E-state index contributed by atoms with van der Waals surface area (Å²) < 4.78 is 21.1. The number of benzene rings is 2. The summed E-state index contributed by atoms with van der Waals surface area (Å²) in [4.78, 5) is 38.6. The third-order valence-corrected chi connectivity index (χ3v) is 6.92. The molecular formula is C29H27ClFN5O3. The van der Waals surface area contributed by atoms with Crippen molar-refractivity contribution in [3.05, 3.63) is 94.1 Å². The maximum Gasteiger partial charge on any atom is 0.355 e. The minimum Gasteiger partial charge on any atom is -0.437 e. The zero-order valence-electron chi connectivity index (χ0n) is 21.6. The first kappa shape index (κ1) is 26.4. The van der Waals surface area contributed by atoms with Gasteiger partial charge in [-0.1, -0.05) is 56.3 Å². The van der Waals surface area contributed by atoms with Crippen molar-refractivity contribution >= 4 is 34.4 Å². The molecule has 1 aliphatic rings. The van der Waals surface area contributed by atoms with Crippen molar-refractivity contribution in [2.24, 2.45) is 0 Å². The first-order valence-corrected chi connectivity index (χ1v) is 13.0. The van der Waals surface area contributed by atoms with E-state index in [1.807, 2.05) is 43.0 Å². The standard InChI is InChI=1S/C29H27ClFN5O3/c1-4-25(37)34-12-14-35(15-13-34)26-22-17-23(30)28(39-20-9-7-8-19(31)16-20)32-27(22)36(29(38)33-26)24-11-6-5-10-21(24)18(2)3/h4-11,16-18H,1,12-15H2,2-3H3. The third kappa shape index (κ3) is 5.22. The van der Waals surface area contributed by atoms with Gasteiger partial charge in [0.2, 0.25) is 11.8 Å². The van der Waals surface area contributed by atoms with Gasteiger partial charge in [0.15, 0.2) is 5.65 Å². The van der Waals surface area contributed by atoms with E-state index in [4.69, 9.17) is 21.3 Å². The van der Waals surface area contributed by atoms with E-state index < -0.39 is 11.5 Å². The quantitative estimate of drug-likeness (QED) is 0.304. The van der Waals surface area contributed by atoms with E-state index in [1.165, 1.54) is 28.8 Å². The number of carbonyl (C=O) groups excluding carboxylic acids is 1. The smallest absolute Gasteiger partial charge is 0.355 e. The van der Waals surface area contributed by atoms with Crippen LogP contribution in [0.1, 0.15) is 25.3 Å². The number of anilines is 1. The van der Waals surface area contributed by atoms with Crippen molar-refractivity contribution in [3.63, 3.8) is 0 Å². The number of hydrogen-bond acceptors (Lipinski definition) is 6. The van der Waals surface area contributed by atoms with Crippen molar-refractivity contribution in [1.82, 2.24) is 19.4 Å². The summed E-state index contributed by atoms with van der Waals surface area (Å²) in [7, 11) is 0. The second-order valence-corrected chi connectivity index (χ2v) is 9.90. The topological polar surface area (TPSA) is 80.6 Å². The zero-order valence-corrected chi connectivity index (χ0v) is 22.4. The highest BCUT2D eigenvalue weighted by molar-refractivity contribution is 6.32. The number of nitrogens with zero attached hydrogens (tertiary/aromatic N) is 5. The highest BCUT2D eigenvalue weighted by Crippen LogP contribution is 2.35. The Morgan fingerprint density at radius 1 is 1.08 bits per heavy atom. The van der Waals surface area contributed by atoms with Crippen LogP contribution in [0, 0.1) is 5.82 Å². The van der Waals surface area contributed by atoms with Gasteiger partial charge in [0.05, 0.1) is 11.1 Å². The lowest BCUT2D eigenvalue weighted by atomic mass is 10.0. The molecule has 1 fully saturated rings. The van der Waals surface area contributed by atoms with Crippen molar-refractivity contribution in [2.75, 3.05) is 31.1 Å². The lowest BCUT2D eigenvalue weighted by Crippen LogP contribution is -2.49. The minimum atomic E-state index is -0.512. The van der Waals surface area contributed by atoms with E-state index in [0.29, 0.717) is 48.7 Å². The third-order valence-electron chi connectivity index (χ3n) is 6.65. The molecule has 200 valence electrons. The molecule has 5 rings (SSSR count). The predicted molar refractivity (Wildman–Crippen MR) is 150 cm³/mol. The average Bonchev–Trinajstić information content (AvgIpc) is 2.93. The van der Waals surface area contributed by atoms with E-state index in [-0.39, 0.29) is 28.5 Å². The monoisotopic (exact) mass is 547 g/mol. The van der Waals surface area contributed by atoms with Crippen LogP contribution in [0.2, 0.25) is 5.02 Å². The maximum absolute atomic E-state index is 13.8. The van der Waals surface area contributed by atoms with Crippen LogP contribution >= 0.6 is 11.6 Å². The van der Waals surface area contributed by atoms with Crippen LogP contribution in [0.5, 0.6) is 11.6 Å². The summed E-state index contributed by atoms with van der Waals surface area (Å²) >= 11 is 6.63. The Labute approximate surface area is 229 Å². The summed E-state index contributed by atoms with van der Waals surface area (Å²) in [5.74, 6) is 0.185. The van der Waals surface area contributed by atoms with Crippen LogP contribution in [0.25, 0.3) is 16.7 Å². The number of hydrogen-bond donors (Lipinski definition) is 0. The summed E-state index contributed by atoms with van der Waals surface area (Å²) in [6, 6.07) is 14.9. The van der Waals surface area contributed by atoms with Gasteiger partial charge in [0, 0.05) is 32.2 Å². The molecule has 0 aliphatic carbocycles. The molecule has 0 atom stereocenters. The molecule has 1 amide bonds. The van der Waals surface area contributed by atoms with Gasteiger partial charge in [0.25, 0.3) is 0 Å². The van der Waals surface area contributed by atoms with Crippen LogP contribution in [-0.4, -0.2) is 51.5 Å². The van der Waals surface area contributed by atoms with Gasteiger partial charge in [-0.05, 0) is 41.8 Å². The van der Waals surface area contributed by atoms with Crippen molar-refractivity contribution in [2.45, 2.75) is 19.8 Å². The Kier molecular flexibility index (Phi) is 7.34. The molecule has 0 N–H and O–H groups in total. The van der Waals surface area contributed by atoms with Crippen molar-refractivity contribution < 1.29 is 13.9 Å². The van der Waals surface area contributed by atoms with E-state index >= 15 is 0 Å². The SMILES string of the molecule is C=CC(=O)N1CCN(c2nc(=O)n(-c3ccccc3C(C)C)c3nc(Oc4cccc(F)c4)c(Cl)cc23)CC1. The summed E-state index contributed by atoms with van der Waals surface area (Å²) in [6.45, 7) is 9.48. The second kappa shape index (κ2) is 10.9. The number of rotatable bonds is 6. The molecule has 0 radical (unpaired) electrons. The van der Waals surface area contributed by atoms with Crippen LogP contribution < -0.4 is 15.3 Å². The lowest BCUT2D eigenvalue weighted by Gasteiger charge is -2.35. The highest BCUT2D eigenvalue weighted by atomic mass is 35.5. The molecule has 0 saturated carbocycles. The molecule has 4 aromatic rings. The van der Waals surface area contributed by atoms with Gasteiger partial charge in [0.1, 0.15) is 22.4 Å². The molecule has 0 spiro atoms. The number of ether oxygens (including phenoxy) is 1. The number of piperazine rings is 1. The fourth-order valence-electron chi connectivity index (χ4n) is 4.71. The highest BCUT2D eigenvalue weighted by Gasteiger charge is 2.26. The Morgan fingerprint density at radius 2 is 1.82 bits per heavy atom. The van der Waals surface area contributed by atoms with Crippen LogP contribution in [-0.2, 0) is 4.79 Å². The molecule has 3 heterocycles. The van der Waals surface area contributed by atoms with E-state index in [0.717, 1.165) is 5.56 Å². The Hall–Kier alpha value is -4.24. The van der Waals surface area contributed by atoms with Gasteiger partial charge >= 0.3 is 5.69 Å². The molecule has 0 unspecified atom stereocenters. The number of amides is 1. The van der Waals surface area contributed by atoms with Crippen LogP contribution in [0.3, 0.4) is 0 Å². The number of fused-ring (bicyclic) bond motifs is 1. The van der Waals surface area contributed by atoms with Gasteiger partial charge < -0.3 is 14.5 Å². The number of carbonyl (C=O) groups is 1. The molecule has 8 nitrogen and oxygen atoms in total. The van der Waals surface area contributed by atoms with Gasteiger partial charge in [-0.2, -0.15) is 9.97 Å². The molecule has 1 aliphatic heterocycles. The fraction of sp³-hybridized carbons (Fsp3) is 0.241. The van der Waals surface area contributed by atoms with Gasteiger partial charge in [-0.25, -0.2) is 13.8 Å². The Morgan fingerprint density at radius 3 is 2.51 bits per heavy atom. The molecule has 0 bridgehead atoms. The van der Waals surface area contributed by atoms with Gasteiger partial charge in [-0.15, -0.1) is 0 Å². The Balaban J connectivity index is 1.69. The number of aromatic nitrogens is 3. The zero-order chi connectivity index (χ0) is 27.7. The first-order chi connectivity index (χ1) is 18.8. The van der Waals surface area contributed by atoms with E-state index in [2.05, 4.69) is 11.6 Å². The molecule has 39 heavy (non-hydrogen) atoms. The van der Waals surface area contributed by atoms with Gasteiger partial charge in [-0.3, -0.25) is 4.79 Å². The van der Waals surface area contributed by atoms with Crippen molar-refractivity contribution in [1.29, 1.82) is 0 Å². The first-order valence-electron chi connectivity index (χ1n) is 12.6. The molecule has 2 aromatic carbocycles. The van der Waals surface area contributed by atoms with E-state index in [9.17, 15) is 14.0 Å². The summed E-state index contributed by atoms with van der Waals surface area (Å²) in [5.41, 5.74) is 1.38. The van der Waals surface area contributed by atoms with E-state index in [1.54, 1.807) is 17.0 Å².